The summed E-state index contributed by atoms with van der Waals surface area (Å²) in [5, 5.41) is 44.4. The van der Waals surface area contributed by atoms with Crippen LogP contribution in [0.1, 0.15) is 78.6 Å². The SMILES string of the molecule is CC(CCC(=O)NCC(=O)O)C1CCC2[C@@H]3C(O)C[C@@H]4CC(O)CC[C@]4(C)[C@@H]3CC(O)[C@]12C. The number of hydrogen-bond donors (Lipinski definition) is 5. The molecule has 0 aromatic carbocycles. The van der Waals surface area contributed by atoms with Gasteiger partial charge < -0.3 is 25.7 Å². The predicted molar refractivity (Wildman–Crippen MR) is 123 cm³/mol. The molecule has 7 nitrogen and oxygen atoms in total. The van der Waals surface area contributed by atoms with Crippen molar-refractivity contribution >= 4 is 11.9 Å². The van der Waals surface area contributed by atoms with E-state index in [4.69, 9.17) is 5.11 Å². The van der Waals surface area contributed by atoms with Crippen molar-refractivity contribution in [3.8, 4) is 0 Å². The van der Waals surface area contributed by atoms with Crippen LogP contribution in [0.15, 0.2) is 0 Å². The molecule has 6 unspecified atom stereocenters. The zero-order chi connectivity index (χ0) is 24.1. The maximum atomic E-state index is 12.0. The Hall–Kier alpha value is -1.18. The van der Waals surface area contributed by atoms with Crippen LogP contribution < -0.4 is 5.32 Å². The summed E-state index contributed by atoms with van der Waals surface area (Å²) in [7, 11) is 0. The molecule has 0 aromatic rings. The summed E-state index contributed by atoms with van der Waals surface area (Å²) in [5.41, 5.74) is -0.214. The van der Waals surface area contributed by atoms with Gasteiger partial charge in [0.25, 0.3) is 0 Å². The van der Waals surface area contributed by atoms with E-state index in [1.165, 1.54) is 0 Å². The molecular weight excluding hydrogens is 422 g/mol. The Bertz CT molecular complexity index is 759. The topological polar surface area (TPSA) is 127 Å². The number of carbonyl (C=O) groups excluding carboxylic acids is 1. The molecule has 188 valence electrons. The number of nitrogens with one attached hydrogen (secondary N) is 1. The number of aliphatic hydroxyl groups excluding tert-OH is 3. The Balaban J connectivity index is 1.49. The van der Waals surface area contributed by atoms with E-state index < -0.39 is 12.1 Å². The van der Waals surface area contributed by atoms with Gasteiger partial charge in [0.2, 0.25) is 5.91 Å². The Labute approximate surface area is 197 Å². The summed E-state index contributed by atoms with van der Waals surface area (Å²) in [4.78, 5) is 22.7. The second kappa shape index (κ2) is 9.12. The largest absolute Gasteiger partial charge is 0.480 e. The lowest BCUT2D eigenvalue weighted by Crippen LogP contribution is -2.62. The normalized spacial score (nSPS) is 47.7. The van der Waals surface area contributed by atoms with E-state index in [0.29, 0.717) is 25.2 Å². The van der Waals surface area contributed by atoms with Crippen molar-refractivity contribution in [1.82, 2.24) is 5.32 Å². The summed E-state index contributed by atoms with van der Waals surface area (Å²) >= 11 is 0. The molecule has 0 aromatic heterocycles. The van der Waals surface area contributed by atoms with Gasteiger partial charge in [0.05, 0.1) is 18.3 Å². The number of hydrogen-bond acceptors (Lipinski definition) is 5. The van der Waals surface area contributed by atoms with Crippen LogP contribution in [0, 0.1) is 46.3 Å². The number of carboxylic acid groups (broad SMARTS) is 1. The molecule has 1 amide bonds. The van der Waals surface area contributed by atoms with Crippen molar-refractivity contribution in [3.63, 3.8) is 0 Å². The van der Waals surface area contributed by atoms with Crippen LogP contribution in [0.4, 0.5) is 0 Å². The zero-order valence-electron chi connectivity index (χ0n) is 20.4. The van der Waals surface area contributed by atoms with Gasteiger partial charge in [0.1, 0.15) is 6.54 Å². The van der Waals surface area contributed by atoms with Crippen LogP contribution in [-0.4, -0.2) is 57.2 Å². The van der Waals surface area contributed by atoms with Crippen LogP contribution in [0.2, 0.25) is 0 Å². The van der Waals surface area contributed by atoms with Crippen LogP contribution >= 0.6 is 0 Å². The summed E-state index contributed by atoms with van der Waals surface area (Å²) in [6, 6.07) is 0. The average molecular weight is 466 g/mol. The molecule has 7 heteroatoms. The molecule has 4 aliphatic rings. The molecule has 4 fully saturated rings. The van der Waals surface area contributed by atoms with E-state index in [2.05, 4.69) is 26.1 Å². The van der Waals surface area contributed by atoms with Crippen molar-refractivity contribution in [3.05, 3.63) is 0 Å². The smallest absolute Gasteiger partial charge is 0.322 e. The maximum Gasteiger partial charge on any atom is 0.322 e. The minimum absolute atomic E-state index is 0.0668. The minimum Gasteiger partial charge on any atom is -0.480 e. The number of carboxylic acids is 1. The number of aliphatic carboxylic acids is 1. The third-order valence-corrected chi connectivity index (χ3v) is 10.8. The number of rotatable bonds is 6. The van der Waals surface area contributed by atoms with Gasteiger partial charge in [0, 0.05) is 6.42 Å². The summed E-state index contributed by atoms with van der Waals surface area (Å²) in [6.07, 6.45) is 5.86. The molecule has 0 spiro atoms. The molecule has 0 saturated heterocycles. The first kappa shape index (κ1) is 24.9. The zero-order valence-corrected chi connectivity index (χ0v) is 20.4. The summed E-state index contributed by atoms with van der Waals surface area (Å²) < 4.78 is 0. The molecule has 4 saturated carbocycles. The van der Waals surface area contributed by atoms with Crippen molar-refractivity contribution in [2.75, 3.05) is 6.54 Å². The number of amides is 1. The van der Waals surface area contributed by atoms with E-state index in [1.54, 1.807) is 0 Å². The number of aliphatic hydroxyl groups is 3. The second-order valence-electron chi connectivity index (χ2n) is 12.2. The molecule has 11 atom stereocenters. The van der Waals surface area contributed by atoms with Gasteiger partial charge in [-0.1, -0.05) is 20.8 Å². The lowest BCUT2D eigenvalue weighted by Gasteiger charge is -2.63. The van der Waals surface area contributed by atoms with Crippen molar-refractivity contribution in [2.24, 2.45) is 46.3 Å². The Kier molecular flexibility index (Phi) is 6.89. The maximum absolute atomic E-state index is 12.0. The van der Waals surface area contributed by atoms with Crippen LogP contribution in [0.3, 0.4) is 0 Å². The molecule has 0 heterocycles. The lowest BCUT2D eigenvalue weighted by molar-refractivity contribution is -0.207. The summed E-state index contributed by atoms with van der Waals surface area (Å²) in [6.45, 7) is 6.35. The summed E-state index contributed by atoms with van der Waals surface area (Å²) in [5.74, 6) is 0.265. The molecule has 5 N–H and O–H groups in total. The molecule has 0 bridgehead atoms. The highest BCUT2D eigenvalue weighted by molar-refractivity contribution is 5.81. The van der Waals surface area contributed by atoms with E-state index in [-0.39, 0.29) is 65.1 Å². The first-order valence-electron chi connectivity index (χ1n) is 13.0. The quantitative estimate of drug-likeness (QED) is 0.410. The van der Waals surface area contributed by atoms with E-state index in [9.17, 15) is 24.9 Å². The predicted octanol–water partition coefficient (Wildman–Crippen LogP) is 2.56. The number of fused-ring (bicyclic) bond motifs is 5. The fraction of sp³-hybridized carbons (Fsp3) is 0.923. The Morgan fingerprint density at radius 3 is 2.45 bits per heavy atom. The van der Waals surface area contributed by atoms with Crippen molar-refractivity contribution in [2.45, 2.75) is 96.9 Å². The fourth-order valence-corrected chi connectivity index (χ4v) is 8.95. The molecule has 4 aliphatic carbocycles. The van der Waals surface area contributed by atoms with Crippen LogP contribution in [0.5, 0.6) is 0 Å². The Morgan fingerprint density at radius 1 is 1.03 bits per heavy atom. The van der Waals surface area contributed by atoms with Crippen molar-refractivity contribution < 1.29 is 30.0 Å². The van der Waals surface area contributed by atoms with Crippen molar-refractivity contribution in [1.29, 1.82) is 0 Å². The fourth-order valence-electron chi connectivity index (χ4n) is 8.95. The monoisotopic (exact) mass is 465 g/mol. The van der Waals surface area contributed by atoms with Gasteiger partial charge in [-0.05, 0) is 97.7 Å². The third-order valence-electron chi connectivity index (χ3n) is 10.8. The Morgan fingerprint density at radius 2 is 1.76 bits per heavy atom. The van der Waals surface area contributed by atoms with Crippen LogP contribution in [-0.2, 0) is 9.59 Å². The highest BCUT2D eigenvalue weighted by Gasteiger charge is 2.65. The van der Waals surface area contributed by atoms with Crippen LogP contribution in [0.25, 0.3) is 0 Å². The minimum atomic E-state index is -1.04. The second-order valence-corrected chi connectivity index (χ2v) is 12.2. The van der Waals surface area contributed by atoms with Gasteiger partial charge >= 0.3 is 5.97 Å². The highest BCUT2D eigenvalue weighted by atomic mass is 16.4. The molecular formula is C26H43NO6. The standard InChI is InChI=1S/C26H43NO6/c1-14(4-7-22(31)27-13-23(32)33)17-5-6-18-24-19(12-21(30)26(17,18)3)25(2)9-8-16(28)10-15(25)11-20(24)29/h14-21,24,28-30H,4-13H2,1-3H3,(H,27,31)(H,32,33)/t14?,15-,16?,17?,18?,19+,20?,21?,24-,25-,26+/m0/s1. The van der Waals surface area contributed by atoms with Gasteiger partial charge in [-0.25, -0.2) is 0 Å². The average Bonchev–Trinajstić information content (AvgIpc) is 3.11. The van der Waals surface area contributed by atoms with E-state index >= 15 is 0 Å². The van der Waals surface area contributed by atoms with E-state index in [1.807, 2.05) is 0 Å². The van der Waals surface area contributed by atoms with Gasteiger partial charge in [-0.15, -0.1) is 0 Å². The van der Waals surface area contributed by atoms with E-state index in [0.717, 1.165) is 38.5 Å². The molecule has 4 rings (SSSR count). The molecule has 33 heavy (non-hydrogen) atoms. The van der Waals surface area contributed by atoms with Gasteiger partial charge in [0.15, 0.2) is 0 Å². The molecule has 0 radical (unpaired) electrons. The van der Waals surface area contributed by atoms with Gasteiger partial charge in [-0.3, -0.25) is 9.59 Å². The first-order valence-corrected chi connectivity index (χ1v) is 13.0. The lowest BCUT2D eigenvalue weighted by atomic mass is 9.43. The van der Waals surface area contributed by atoms with Gasteiger partial charge in [-0.2, -0.15) is 0 Å². The molecule has 0 aliphatic heterocycles. The number of carbonyl (C=O) groups is 2. The first-order chi connectivity index (χ1) is 15.5. The third kappa shape index (κ3) is 4.23. The highest BCUT2D eigenvalue weighted by Crippen LogP contribution is 2.68.